The highest BCUT2D eigenvalue weighted by atomic mass is 32.2. The Kier molecular flexibility index (Phi) is 5.09. The van der Waals surface area contributed by atoms with Gasteiger partial charge < -0.3 is 5.32 Å². The van der Waals surface area contributed by atoms with Crippen LogP contribution in [0.2, 0.25) is 0 Å². The van der Waals surface area contributed by atoms with E-state index in [9.17, 15) is 4.79 Å². The van der Waals surface area contributed by atoms with E-state index < -0.39 is 0 Å². The van der Waals surface area contributed by atoms with Crippen molar-refractivity contribution in [2.24, 2.45) is 0 Å². The average molecular weight is 426 g/mol. The summed E-state index contributed by atoms with van der Waals surface area (Å²) in [6.07, 6.45) is 0. The molecule has 5 aromatic rings. The normalized spacial score (nSPS) is 11.1. The molecule has 1 N–H and O–H groups in total. The maximum atomic E-state index is 12.4. The highest BCUT2D eigenvalue weighted by molar-refractivity contribution is 8.00. The molecule has 0 saturated heterocycles. The van der Waals surface area contributed by atoms with Gasteiger partial charge in [0.05, 0.1) is 16.8 Å². The summed E-state index contributed by atoms with van der Waals surface area (Å²) in [7, 11) is 0. The number of nitrogens with zero attached hydrogens (tertiary/aromatic N) is 4. The van der Waals surface area contributed by atoms with Crippen molar-refractivity contribution in [3.8, 4) is 11.4 Å². The molecule has 1 amide bonds. The summed E-state index contributed by atoms with van der Waals surface area (Å²) >= 11 is 1.36. The van der Waals surface area contributed by atoms with Crippen LogP contribution in [0.1, 0.15) is 5.56 Å². The van der Waals surface area contributed by atoms with E-state index in [4.69, 9.17) is 4.98 Å². The fourth-order valence-electron chi connectivity index (χ4n) is 3.40. The minimum absolute atomic E-state index is 0.0948. The first-order chi connectivity index (χ1) is 15.2. The number of aromatic nitrogens is 4. The van der Waals surface area contributed by atoms with Gasteiger partial charge in [0.2, 0.25) is 5.91 Å². The van der Waals surface area contributed by atoms with Gasteiger partial charge in [-0.1, -0.05) is 71.9 Å². The minimum Gasteiger partial charge on any atom is -0.325 e. The number of carbonyl (C=O) groups excluding carboxylic acids is 1. The van der Waals surface area contributed by atoms with Gasteiger partial charge in [0.1, 0.15) is 5.03 Å². The molecule has 152 valence electrons. The Balaban J connectivity index is 1.52. The van der Waals surface area contributed by atoms with E-state index in [2.05, 4.69) is 34.6 Å². The minimum atomic E-state index is -0.0948. The Morgan fingerprint density at radius 2 is 1.68 bits per heavy atom. The smallest absolute Gasteiger partial charge is 0.234 e. The van der Waals surface area contributed by atoms with Gasteiger partial charge in [-0.2, -0.15) is 0 Å². The van der Waals surface area contributed by atoms with Crippen LogP contribution in [0.5, 0.6) is 0 Å². The van der Waals surface area contributed by atoms with Gasteiger partial charge in [0.15, 0.2) is 11.5 Å². The lowest BCUT2D eigenvalue weighted by atomic mass is 10.1. The zero-order valence-electron chi connectivity index (χ0n) is 16.8. The van der Waals surface area contributed by atoms with Crippen molar-refractivity contribution < 1.29 is 4.79 Å². The number of thioether (sulfide) groups is 1. The van der Waals surface area contributed by atoms with Gasteiger partial charge in [0.25, 0.3) is 0 Å². The van der Waals surface area contributed by atoms with Gasteiger partial charge in [-0.3, -0.25) is 9.20 Å². The maximum absolute atomic E-state index is 12.4. The number of aryl methyl sites for hydroxylation is 1. The second-order valence-electron chi connectivity index (χ2n) is 7.16. The monoisotopic (exact) mass is 425 g/mol. The summed E-state index contributed by atoms with van der Waals surface area (Å²) in [6.45, 7) is 2.06. The third kappa shape index (κ3) is 3.87. The molecule has 0 unspecified atom stereocenters. The number of rotatable bonds is 5. The number of fused-ring (bicyclic) bond motifs is 3. The largest absolute Gasteiger partial charge is 0.325 e. The Bertz CT molecular complexity index is 1380. The fraction of sp³-hybridized carbons (Fsp3) is 0.0833. The molecule has 0 aliphatic heterocycles. The zero-order chi connectivity index (χ0) is 21.2. The third-order valence-corrected chi connectivity index (χ3v) is 5.86. The van der Waals surface area contributed by atoms with Crippen molar-refractivity contribution in [3.63, 3.8) is 0 Å². The summed E-state index contributed by atoms with van der Waals surface area (Å²) < 4.78 is 2.02. The molecule has 3 aromatic carbocycles. The molecule has 0 atom stereocenters. The number of carbonyl (C=O) groups is 1. The number of nitrogens with one attached hydrogen (secondary N) is 1. The molecule has 31 heavy (non-hydrogen) atoms. The summed E-state index contributed by atoms with van der Waals surface area (Å²) in [5, 5.41) is 12.5. The lowest BCUT2D eigenvalue weighted by molar-refractivity contribution is -0.113. The van der Waals surface area contributed by atoms with Gasteiger partial charge in [0, 0.05) is 11.3 Å². The van der Waals surface area contributed by atoms with Crippen LogP contribution in [0.3, 0.4) is 0 Å². The molecule has 2 aromatic heterocycles. The molecule has 2 heterocycles. The molecule has 0 aliphatic rings. The summed E-state index contributed by atoms with van der Waals surface area (Å²) in [5.41, 5.74) is 5.34. The van der Waals surface area contributed by atoms with Gasteiger partial charge in [-0.15, -0.1) is 10.2 Å². The molecule has 0 fully saturated rings. The SMILES string of the molecule is Cc1ccc(-c2nnc3c(SCC(=O)Nc4ccccc4)nc4ccccc4n23)cc1. The summed E-state index contributed by atoms with van der Waals surface area (Å²) in [4.78, 5) is 17.2. The summed E-state index contributed by atoms with van der Waals surface area (Å²) in [6, 6.07) is 25.5. The first-order valence-electron chi connectivity index (χ1n) is 9.88. The predicted octanol–water partition coefficient (Wildman–Crippen LogP) is 4.98. The fourth-order valence-corrected chi connectivity index (χ4v) is 4.16. The molecule has 0 saturated carbocycles. The first kappa shape index (κ1) is 19.3. The number of para-hydroxylation sites is 3. The number of hydrogen-bond acceptors (Lipinski definition) is 5. The Labute approximate surface area is 183 Å². The highest BCUT2D eigenvalue weighted by Crippen LogP contribution is 2.29. The van der Waals surface area contributed by atoms with Crippen LogP contribution in [0.25, 0.3) is 28.1 Å². The van der Waals surface area contributed by atoms with E-state index in [-0.39, 0.29) is 11.7 Å². The van der Waals surface area contributed by atoms with Crippen LogP contribution in [-0.2, 0) is 4.79 Å². The second kappa shape index (κ2) is 8.20. The number of amides is 1. The van der Waals surface area contributed by atoms with Gasteiger partial charge in [-0.05, 0) is 31.2 Å². The molecule has 7 heteroatoms. The molecule has 0 bridgehead atoms. The summed E-state index contributed by atoms with van der Waals surface area (Å²) in [5.74, 6) is 0.884. The van der Waals surface area contributed by atoms with Crippen LogP contribution in [-0.4, -0.2) is 31.2 Å². The average Bonchev–Trinajstić information content (AvgIpc) is 3.24. The lowest BCUT2D eigenvalue weighted by Crippen LogP contribution is -2.14. The van der Waals surface area contributed by atoms with Crippen molar-refractivity contribution in [2.45, 2.75) is 11.9 Å². The Morgan fingerprint density at radius 1 is 0.935 bits per heavy atom. The van der Waals surface area contributed by atoms with Crippen LogP contribution in [0, 0.1) is 6.92 Å². The molecule has 0 aliphatic carbocycles. The number of hydrogen-bond donors (Lipinski definition) is 1. The van der Waals surface area contributed by atoms with Gasteiger partial charge >= 0.3 is 0 Å². The Hall–Kier alpha value is -3.71. The predicted molar refractivity (Wildman–Crippen MR) is 124 cm³/mol. The molecule has 0 spiro atoms. The van der Waals surface area contributed by atoms with E-state index in [1.807, 2.05) is 71.1 Å². The first-order valence-corrected chi connectivity index (χ1v) is 10.9. The lowest BCUT2D eigenvalue weighted by Gasteiger charge is -2.09. The topological polar surface area (TPSA) is 72.2 Å². The van der Waals surface area contributed by atoms with Crippen molar-refractivity contribution in [3.05, 3.63) is 84.4 Å². The van der Waals surface area contributed by atoms with E-state index >= 15 is 0 Å². The standard InChI is InChI=1S/C24H19N5OS/c1-16-11-13-17(14-12-16)22-27-28-23-24(26-19-9-5-6-10-20(19)29(22)23)31-15-21(30)25-18-7-3-2-4-8-18/h2-14H,15H2,1H3,(H,25,30). The molecule has 0 radical (unpaired) electrons. The van der Waals surface area contributed by atoms with Crippen molar-refractivity contribution in [2.75, 3.05) is 11.1 Å². The third-order valence-electron chi connectivity index (χ3n) is 4.91. The maximum Gasteiger partial charge on any atom is 0.234 e. The molecular formula is C24H19N5OS. The van der Waals surface area contributed by atoms with E-state index in [1.165, 1.54) is 17.3 Å². The molecular weight excluding hydrogens is 406 g/mol. The van der Waals surface area contributed by atoms with Crippen molar-refractivity contribution in [1.29, 1.82) is 0 Å². The highest BCUT2D eigenvalue weighted by Gasteiger charge is 2.17. The quantitative estimate of drug-likeness (QED) is 0.402. The van der Waals surface area contributed by atoms with Crippen LogP contribution in [0.4, 0.5) is 5.69 Å². The van der Waals surface area contributed by atoms with Crippen LogP contribution in [0.15, 0.2) is 83.9 Å². The van der Waals surface area contributed by atoms with Crippen molar-refractivity contribution >= 4 is 40.0 Å². The van der Waals surface area contributed by atoms with Crippen LogP contribution >= 0.6 is 11.8 Å². The second-order valence-corrected chi connectivity index (χ2v) is 8.12. The van der Waals surface area contributed by atoms with E-state index in [0.29, 0.717) is 10.7 Å². The van der Waals surface area contributed by atoms with E-state index in [1.54, 1.807) is 0 Å². The molecule has 5 rings (SSSR count). The van der Waals surface area contributed by atoms with Crippen molar-refractivity contribution in [1.82, 2.24) is 19.6 Å². The van der Waals surface area contributed by atoms with Crippen LogP contribution < -0.4 is 5.32 Å². The molecule has 6 nitrogen and oxygen atoms in total. The Morgan fingerprint density at radius 3 is 2.48 bits per heavy atom. The van der Waals surface area contributed by atoms with Gasteiger partial charge in [-0.25, -0.2) is 4.98 Å². The van der Waals surface area contributed by atoms with E-state index in [0.717, 1.165) is 28.1 Å². The zero-order valence-corrected chi connectivity index (χ0v) is 17.6. The number of anilines is 1. The number of benzene rings is 3.